The first-order chi connectivity index (χ1) is 13.5. The molecule has 5 heteroatoms. The Hall–Kier alpha value is -2.66. The largest absolute Gasteiger partial charge is 0.345 e. The summed E-state index contributed by atoms with van der Waals surface area (Å²) in [6, 6.07) is 18.6. The lowest BCUT2D eigenvalue weighted by molar-refractivity contribution is -0.124. The van der Waals surface area contributed by atoms with Crippen LogP contribution in [-0.4, -0.2) is 28.8 Å². The molecule has 1 unspecified atom stereocenters. The number of amides is 1. The zero-order valence-electron chi connectivity index (χ0n) is 16.4. The molecule has 0 radical (unpaired) electrons. The number of piperidine rings is 1. The first-order valence-corrected chi connectivity index (χ1v) is 10.1. The molecule has 2 N–H and O–H groups in total. The predicted molar refractivity (Wildman–Crippen MR) is 110 cm³/mol. The third kappa shape index (κ3) is 2.90. The molecule has 0 spiro atoms. The minimum Gasteiger partial charge on any atom is -0.345 e. The van der Waals surface area contributed by atoms with E-state index >= 15 is 0 Å². The number of hydrogen-bond acceptors (Lipinski definition) is 3. The molecule has 2 aromatic carbocycles. The van der Waals surface area contributed by atoms with Crippen LogP contribution in [0.25, 0.3) is 10.9 Å². The van der Waals surface area contributed by atoms with Crippen molar-refractivity contribution in [2.24, 2.45) is 17.8 Å². The summed E-state index contributed by atoms with van der Waals surface area (Å²) >= 11 is 0. The van der Waals surface area contributed by atoms with E-state index in [0.717, 1.165) is 29.7 Å². The summed E-state index contributed by atoms with van der Waals surface area (Å²) in [6.07, 6.45) is 0. The number of nitrogens with one attached hydrogen (secondary N) is 2. The van der Waals surface area contributed by atoms with Crippen molar-refractivity contribution in [3.63, 3.8) is 0 Å². The summed E-state index contributed by atoms with van der Waals surface area (Å²) in [4.78, 5) is 12.9. The quantitative estimate of drug-likeness (QED) is 0.722. The maximum atomic E-state index is 12.9. The Balaban J connectivity index is 1.45. The van der Waals surface area contributed by atoms with E-state index in [1.54, 1.807) is 0 Å². The van der Waals surface area contributed by atoms with Crippen LogP contribution in [0.5, 0.6) is 0 Å². The average molecular weight is 374 g/mol. The van der Waals surface area contributed by atoms with Crippen LogP contribution in [-0.2, 0) is 16.9 Å². The summed E-state index contributed by atoms with van der Waals surface area (Å²) < 4.78 is 2.05. The van der Waals surface area contributed by atoms with Gasteiger partial charge in [0.05, 0.1) is 23.3 Å². The van der Waals surface area contributed by atoms with E-state index in [0.29, 0.717) is 18.4 Å². The van der Waals surface area contributed by atoms with Crippen LogP contribution < -0.4 is 10.6 Å². The Morgan fingerprint density at radius 3 is 2.54 bits per heavy atom. The van der Waals surface area contributed by atoms with Crippen molar-refractivity contribution in [3.8, 4) is 0 Å². The molecule has 1 saturated carbocycles. The predicted octanol–water partition coefficient (Wildman–Crippen LogP) is 2.90. The molecule has 1 amide bonds. The van der Waals surface area contributed by atoms with Crippen LogP contribution >= 0.6 is 0 Å². The van der Waals surface area contributed by atoms with Gasteiger partial charge in [-0.1, -0.05) is 48.5 Å². The number of rotatable bonds is 5. The number of nitrogens with zero attached hydrogens (tertiary/aromatic N) is 2. The first-order valence-electron chi connectivity index (χ1n) is 10.1. The molecule has 28 heavy (non-hydrogen) atoms. The SMILES string of the molecule is CC(C)(NC(=O)[C@H]1C2CNC[C@@H]21)c1nn(Cc2ccccc2)c2ccccc12. The lowest BCUT2D eigenvalue weighted by atomic mass is 9.96. The Morgan fingerprint density at radius 1 is 1.11 bits per heavy atom. The van der Waals surface area contributed by atoms with Crippen LogP contribution in [0.2, 0.25) is 0 Å². The van der Waals surface area contributed by atoms with Gasteiger partial charge in [-0.05, 0) is 50.4 Å². The minimum atomic E-state index is -0.525. The van der Waals surface area contributed by atoms with Gasteiger partial charge in [0.2, 0.25) is 5.91 Å². The molecule has 1 aromatic heterocycles. The monoisotopic (exact) mass is 374 g/mol. The molecular weight excluding hydrogens is 348 g/mol. The van der Waals surface area contributed by atoms with Crippen molar-refractivity contribution in [1.29, 1.82) is 0 Å². The van der Waals surface area contributed by atoms with Crippen molar-refractivity contribution in [2.45, 2.75) is 25.9 Å². The van der Waals surface area contributed by atoms with Crippen molar-refractivity contribution in [1.82, 2.24) is 20.4 Å². The van der Waals surface area contributed by atoms with E-state index in [1.807, 2.05) is 35.0 Å². The van der Waals surface area contributed by atoms with Crippen LogP contribution in [0.15, 0.2) is 54.6 Å². The molecular formula is C23H26N4O. The van der Waals surface area contributed by atoms with Crippen molar-refractivity contribution in [3.05, 3.63) is 65.9 Å². The van der Waals surface area contributed by atoms with Gasteiger partial charge in [-0.25, -0.2) is 0 Å². The topological polar surface area (TPSA) is 59.0 Å². The Kier molecular flexibility index (Phi) is 4.02. The summed E-state index contributed by atoms with van der Waals surface area (Å²) in [5, 5.41) is 12.7. The summed E-state index contributed by atoms with van der Waals surface area (Å²) in [6.45, 7) is 6.77. The highest BCUT2D eigenvalue weighted by atomic mass is 16.2. The van der Waals surface area contributed by atoms with Crippen molar-refractivity contribution < 1.29 is 4.79 Å². The van der Waals surface area contributed by atoms with E-state index in [4.69, 9.17) is 5.10 Å². The minimum absolute atomic E-state index is 0.165. The molecule has 144 valence electrons. The fraction of sp³-hybridized carbons (Fsp3) is 0.391. The number of carbonyl (C=O) groups excluding carboxylic acids is 1. The number of para-hydroxylation sites is 1. The molecule has 5 rings (SSSR count). The maximum Gasteiger partial charge on any atom is 0.224 e. The van der Waals surface area contributed by atoms with E-state index < -0.39 is 5.54 Å². The third-order valence-corrected chi connectivity index (χ3v) is 6.26. The fourth-order valence-corrected chi connectivity index (χ4v) is 4.72. The van der Waals surface area contributed by atoms with Gasteiger partial charge in [0.25, 0.3) is 0 Å². The smallest absolute Gasteiger partial charge is 0.224 e. The highest BCUT2D eigenvalue weighted by Crippen LogP contribution is 2.49. The van der Waals surface area contributed by atoms with Gasteiger partial charge in [0.1, 0.15) is 0 Å². The highest BCUT2D eigenvalue weighted by molar-refractivity contribution is 5.86. The van der Waals surface area contributed by atoms with Gasteiger partial charge >= 0.3 is 0 Å². The summed E-state index contributed by atoms with van der Waals surface area (Å²) in [5.41, 5.74) is 2.71. The molecule has 2 fully saturated rings. The number of carbonyl (C=O) groups is 1. The molecule has 0 bridgehead atoms. The highest BCUT2D eigenvalue weighted by Gasteiger charge is 2.57. The second kappa shape index (κ2) is 6.45. The first kappa shape index (κ1) is 17.4. The molecule has 1 saturated heterocycles. The van der Waals surface area contributed by atoms with Crippen molar-refractivity contribution in [2.75, 3.05) is 13.1 Å². The number of hydrogen-bond donors (Lipinski definition) is 2. The molecule has 2 aliphatic rings. The third-order valence-electron chi connectivity index (χ3n) is 6.26. The van der Waals surface area contributed by atoms with Gasteiger partial charge < -0.3 is 10.6 Å². The zero-order chi connectivity index (χ0) is 19.3. The molecule has 3 aromatic rings. The van der Waals surface area contributed by atoms with Crippen LogP contribution in [0.4, 0.5) is 0 Å². The molecule has 5 nitrogen and oxygen atoms in total. The van der Waals surface area contributed by atoms with Crippen LogP contribution in [0.1, 0.15) is 25.1 Å². The maximum absolute atomic E-state index is 12.9. The van der Waals surface area contributed by atoms with E-state index in [9.17, 15) is 4.79 Å². The Labute approximate surface area is 165 Å². The lowest BCUT2D eigenvalue weighted by Gasteiger charge is -2.25. The van der Waals surface area contributed by atoms with Crippen molar-refractivity contribution >= 4 is 16.8 Å². The lowest BCUT2D eigenvalue weighted by Crippen LogP contribution is -2.43. The fourth-order valence-electron chi connectivity index (χ4n) is 4.72. The number of fused-ring (bicyclic) bond motifs is 2. The molecule has 3 atom stereocenters. The molecule has 1 aliphatic heterocycles. The van der Waals surface area contributed by atoms with Gasteiger partial charge in [0.15, 0.2) is 0 Å². The second-order valence-corrected chi connectivity index (χ2v) is 8.63. The van der Waals surface area contributed by atoms with Gasteiger partial charge in [-0.15, -0.1) is 0 Å². The molecule has 2 heterocycles. The number of aromatic nitrogens is 2. The average Bonchev–Trinajstić information content (AvgIpc) is 3.01. The normalized spacial score (nSPS) is 23.6. The Bertz CT molecular complexity index is 1010. The van der Waals surface area contributed by atoms with Gasteiger partial charge in [0, 0.05) is 11.3 Å². The van der Waals surface area contributed by atoms with E-state index in [1.165, 1.54) is 5.56 Å². The van der Waals surface area contributed by atoms with Crippen LogP contribution in [0, 0.1) is 17.8 Å². The summed E-state index contributed by atoms with van der Waals surface area (Å²) in [7, 11) is 0. The Morgan fingerprint density at radius 2 is 1.79 bits per heavy atom. The van der Waals surface area contributed by atoms with E-state index in [-0.39, 0.29) is 11.8 Å². The zero-order valence-corrected chi connectivity index (χ0v) is 16.4. The number of benzene rings is 2. The van der Waals surface area contributed by atoms with Crippen LogP contribution in [0.3, 0.4) is 0 Å². The summed E-state index contributed by atoms with van der Waals surface area (Å²) in [5.74, 6) is 1.37. The van der Waals surface area contributed by atoms with Gasteiger partial charge in [-0.3, -0.25) is 9.48 Å². The molecule has 1 aliphatic carbocycles. The standard InChI is InChI=1S/C23H26N4O/c1-23(2,25-22(28)20-17-12-24-13-18(17)20)21-16-10-6-7-11-19(16)27(26-21)14-15-8-4-3-5-9-15/h3-11,17-18,20,24H,12-14H2,1-2H3,(H,25,28)/t17-,18?,20+/m0/s1. The van der Waals surface area contributed by atoms with Gasteiger partial charge in [-0.2, -0.15) is 5.10 Å². The van der Waals surface area contributed by atoms with E-state index in [2.05, 4.69) is 48.7 Å². The second-order valence-electron chi connectivity index (χ2n) is 8.63.